The Labute approximate surface area is 136 Å². The summed E-state index contributed by atoms with van der Waals surface area (Å²) < 4.78 is 30.2. The summed E-state index contributed by atoms with van der Waals surface area (Å²) in [6.07, 6.45) is 0. The Kier molecular flexibility index (Phi) is 12.4. The van der Waals surface area contributed by atoms with Crippen LogP contribution in [0.15, 0.2) is 23.1 Å². The Morgan fingerprint density at radius 3 is 1.21 bits per heavy atom. The minimum atomic E-state index is -4.64. The van der Waals surface area contributed by atoms with E-state index in [1.165, 1.54) is 0 Å². The van der Waals surface area contributed by atoms with Gasteiger partial charge in [0.15, 0.2) is 0 Å². The highest BCUT2D eigenvalue weighted by Crippen LogP contribution is 2.15. The predicted octanol–water partition coefficient (Wildman–Crippen LogP) is -1.73. The first-order valence-corrected chi connectivity index (χ1v) is 7.51. The molecule has 0 unspecified atom stereocenters. The van der Waals surface area contributed by atoms with Crippen LogP contribution >= 0.6 is 0 Å². The second-order valence-electron chi connectivity index (χ2n) is 3.73. The van der Waals surface area contributed by atoms with Gasteiger partial charge in [0.2, 0.25) is 0 Å². The lowest BCUT2D eigenvalue weighted by molar-refractivity contribution is 0.0696. The molecule has 0 heterocycles. The van der Waals surface area contributed by atoms with Crippen molar-refractivity contribution in [2.24, 2.45) is 0 Å². The fraction of sp³-hybridized carbons (Fsp3) is 0.333. The van der Waals surface area contributed by atoms with Crippen molar-refractivity contribution in [2.75, 3.05) is 26.4 Å². The van der Waals surface area contributed by atoms with Gasteiger partial charge in [-0.05, 0) is 18.2 Å². The SMILES string of the molecule is O=C(O)c1cc(C(=O)O)cc(S(=O)(=O)O)c1.OCCO.OCCO. The summed E-state index contributed by atoms with van der Waals surface area (Å²) in [6.45, 7) is -0.500. The number of aliphatic hydroxyl groups excluding tert-OH is 4. The molecule has 1 aromatic carbocycles. The maximum Gasteiger partial charge on any atom is 0.335 e. The molecule has 24 heavy (non-hydrogen) atoms. The molecule has 12 heteroatoms. The molecule has 0 aliphatic carbocycles. The van der Waals surface area contributed by atoms with Crippen LogP contribution in [0.3, 0.4) is 0 Å². The molecule has 0 aromatic heterocycles. The molecule has 1 aromatic rings. The molecule has 0 amide bonds. The largest absolute Gasteiger partial charge is 0.478 e. The molecule has 0 aliphatic rings. The zero-order chi connectivity index (χ0) is 19.3. The standard InChI is InChI=1S/C8H6O7S.2C2H6O2/c9-7(10)4-1-5(8(11)12)3-6(2-4)16(13,14)15;2*3-1-2-4/h1-3H,(H,9,10)(H,11,12)(H,13,14,15);2*3-4H,1-2H2. The Hall–Kier alpha value is -2.09. The van der Waals surface area contributed by atoms with E-state index >= 15 is 0 Å². The topological polar surface area (TPSA) is 210 Å². The molecular weight excluding hydrogens is 352 g/mol. The molecule has 0 aliphatic heterocycles. The Morgan fingerprint density at radius 2 is 1.04 bits per heavy atom. The number of hydrogen-bond acceptors (Lipinski definition) is 8. The van der Waals surface area contributed by atoms with Gasteiger partial charge in [-0.3, -0.25) is 4.55 Å². The number of benzene rings is 1. The van der Waals surface area contributed by atoms with E-state index in [0.717, 1.165) is 6.07 Å². The molecule has 0 bridgehead atoms. The maximum absolute atomic E-state index is 10.8. The van der Waals surface area contributed by atoms with Gasteiger partial charge in [-0.1, -0.05) is 0 Å². The first-order valence-electron chi connectivity index (χ1n) is 6.07. The fourth-order valence-electron chi connectivity index (χ4n) is 0.995. The summed E-state index contributed by atoms with van der Waals surface area (Å²) in [6, 6.07) is 2.13. The summed E-state index contributed by atoms with van der Waals surface area (Å²) in [5.41, 5.74) is -1.07. The summed E-state index contributed by atoms with van der Waals surface area (Å²) in [5, 5.41) is 47.7. The van der Waals surface area contributed by atoms with Gasteiger partial charge in [-0.25, -0.2) is 9.59 Å². The molecule has 0 saturated heterocycles. The molecule has 11 nitrogen and oxygen atoms in total. The van der Waals surface area contributed by atoms with Crippen LogP contribution in [0.5, 0.6) is 0 Å². The van der Waals surface area contributed by atoms with Gasteiger partial charge >= 0.3 is 11.9 Å². The summed E-state index contributed by atoms with van der Waals surface area (Å²) in [4.78, 5) is 20.4. The van der Waals surface area contributed by atoms with E-state index in [9.17, 15) is 18.0 Å². The number of carbonyl (C=O) groups is 2. The van der Waals surface area contributed by atoms with Gasteiger partial charge in [0.1, 0.15) is 0 Å². The summed E-state index contributed by atoms with van der Waals surface area (Å²) in [5.74, 6) is -2.99. The van der Waals surface area contributed by atoms with Crippen molar-refractivity contribution >= 4 is 22.1 Å². The maximum atomic E-state index is 10.8. The second kappa shape index (κ2) is 12.3. The third-order valence-corrected chi connectivity index (χ3v) is 2.73. The predicted molar refractivity (Wildman–Crippen MR) is 78.5 cm³/mol. The quantitative estimate of drug-likeness (QED) is 0.289. The lowest BCUT2D eigenvalue weighted by atomic mass is 10.1. The van der Waals surface area contributed by atoms with Gasteiger partial charge in [0.05, 0.1) is 42.4 Å². The van der Waals surface area contributed by atoms with E-state index in [-0.39, 0.29) is 26.4 Å². The Balaban J connectivity index is 0. The molecule has 0 saturated carbocycles. The number of aromatic carboxylic acids is 2. The molecule has 1 rings (SSSR count). The van der Waals surface area contributed by atoms with Crippen molar-refractivity contribution in [2.45, 2.75) is 4.90 Å². The van der Waals surface area contributed by atoms with Crippen LogP contribution in [0.2, 0.25) is 0 Å². The summed E-state index contributed by atoms with van der Waals surface area (Å²) in [7, 11) is -4.64. The van der Waals surface area contributed by atoms with E-state index in [4.69, 9.17) is 35.2 Å². The van der Waals surface area contributed by atoms with Crippen molar-refractivity contribution < 1.29 is 53.2 Å². The van der Waals surface area contributed by atoms with Crippen LogP contribution in [0, 0.1) is 0 Å². The number of rotatable bonds is 5. The van der Waals surface area contributed by atoms with Crippen LogP contribution in [-0.2, 0) is 10.1 Å². The van der Waals surface area contributed by atoms with Crippen molar-refractivity contribution in [1.29, 1.82) is 0 Å². The smallest absolute Gasteiger partial charge is 0.335 e. The van der Waals surface area contributed by atoms with Crippen LogP contribution in [0.1, 0.15) is 20.7 Å². The average Bonchev–Trinajstić information content (AvgIpc) is 2.53. The normalized spacial score (nSPS) is 9.88. The number of carboxylic acid groups (broad SMARTS) is 2. The van der Waals surface area contributed by atoms with Crippen molar-refractivity contribution in [3.63, 3.8) is 0 Å². The lowest BCUT2D eigenvalue weighted by Crippen LogP contribution is -2.07. The minimum Gasteiger partial charge on any atom is -0.478 e. The molecular formula is C12H18O11S. The third kappa shape index (κ3) is 10.6. The monoisotopic (exact) mass is 370 g/mol. The van der Waals surface area contributed by atoms with Crippen molar-refractivity contribution in [3.05, 3.63) is 29.3 Å². The highest BCUT2D eigenvalue weighted by Gasteiger charge is 2.17. The van der Waals surface area contributed by atoms with Crippen LogP contribution in [-0.4, -0.2) is 82.0 Å². The molecule has 0 fully saturated rings. The first-order chi connectivity index (χ1) is 11.0. The number of aliphatic hydroxyl groups is 4. The van der Waals surface area contributed by atoms with E-state index in [0.29, 0.717) is 12.1 Å². The van der Waals surface area contributed by atoms with Crippen LogP contribution in [0.4, 0.5) is 0 Å². The van der Waals surface area contributed by atoms with Crippen LogP contribution in [0.25, 0.3) is 0 Å². The van der Waals surface area contributed by atoms with E-state index in [2.05, 4.69) is 0 Å². The van der Waals surface area contributed by atoms with E-state index < -0.39 is 38.1 Å². The summed E-state index contributed by atoms with van der Waals surface area (Å²) >= 11 is 0. The van der Waals surface area contributed by atoms with Gasteiger partial charge in [0.25, 0.3) is 10.1 Å². The first kappa shape index (κ1) is 24.2. The minimum absolute atomic E-state index is 0.125. The number of hydrogen-bond donors (Lipinski definition) is 7. The highest BCUT2D eigenvalue weighted by molar-refractivity contribution is 7.85. The van der Waals surface area contributed by atoms with Gasteiger partial charge in [-0.15, -0.1) is 0 Å². The van der Waals surface area contributed by atoms with Crippen molar-refractivity contribution in [3.8, 4) is 0 Å². The van der Waals surface area contributed by atoms with Gasteiger partial charge in [-0.2, -0.15) is 8.42 Å². The zero-order valence-electron chi connectivity index (χ0n) is 12.2. The zero-order valence-corrected chi connectivity index (χ0v) is 13.0. The average molecular weight is 370 g/mol. The van der Waals surface area contributed by atoms with Crippen LogP contribution < -0.4 is 0 Å². The fourth-order valence-corrected chi connectivity index (χ4v) is 1.55. The van der Waals surface area contributed by atoms with Crippen molar-refractivity contribution in [1.82, 2.24) is 0 Å². The molecule has 0 radical (unpaired) electrons. The highest BCUT2D eigenvalue weighted by atomic mass is 32.2. The molecule has 138 valence electrons. The number of carboxylic acids is 2. The van der Waals surface area contributed by atoms with E-state index in [1.54, 1.807) is 0 Å². The second-order valence-corrected chi connectivity index (χ2v) is 5.15. The Morgan fingerprint density at radius 1 is 0.750 bits per heavy atom. The van der Waals surface area contributed by atoms with Gasteiger partial charge < -0.3 is 30.6 Å². The molecule has 0 atom stereocenters. The molecule has 7 N–H and O–H groups in total. The lowest BCUT2D eigenvalue weighted by Gasteiger charge is -2.02. The molecule has 0 spiro atoms. The third-order valence-electron chi connectivity index (χ3n) is 1.90. The Bertz CT molecular complexity index is 584. The van der Waals surface area contributed by atoms with E-state index in [1.807, 2.05) is 0 Å². The van der Waals surface area contributed by atoms with Gasteiger partial charge in [0, 0.05) is 0 Å².